The second-order valence-corrected chi connectivity index (χ2v) is 2.18. The molecule has 0 fully saturated rings. The lowest BCUT2D eigenvalue weighted by Crippen LogP contribution is -2.11. The van der Waals surface area contributed by atoms with Crippen LogP contribution in [-0.2, 0) is 0 Å². The zero-order chi connectivity index (χ0) is 8.72. The number of fused-ring (bicyclic) bond motifs is 1. The molecule has 6 nitrogen and oxygen atoms in total. The van der Waals surface area contributed by atoms with Gasteiger partial charge >= 0.3 is 0 Å². The molecule has 0 aromatic carbocycles. The van der Waals surface area contributed by atoms with Crippen molar-refractivity contribution in [1.29, 1.82) is 0 Å². The predicted octanol–water partition coefficient (Wildman–Crippen LogP) is -0.566. The van der Waals surface area contributed by atoms with Gasteiger partial charge in [0.1, 0.15) is 6.33 Å². The summed E-state index contributed by atoms with van der Waals surface area (Å²) in [6, 6.07) is 0. The molecule has 2 aromatic heterocycles. The van der Waals surface area contributed by atoms with E-state index in [-0.39, 0.29) is 21.9 Å². The van der Waals surface area contributed by atoms with Crippen molar-refractivity contribution in [2.24, 2.45) is 0 Å². The van der Waals surface area contributed by atoms with Gasteiger partial charge in [-0.15, -0.1) is 4.79 Å². The van der Waals surface area contributed by atoms with Gasteiger partial charge in [-0.05, 0) is 0 Å². The highest BCUT2D eigenvalue weighted by atomic mass is 19.2. The van der Waals surface area contributed by atoms with Crippen LogP contribution in [0.3, 0.4) is 0 Å². The first-order chi connectivity index (χ1) is 5.68. The minimum atomic E-state index is -0.547. The van der Waals surface area contributed by atoms with E-state index in [2.05, 4.69) is 15.0 Å². The van der Waals surface area contributed by atoms with Gasteiger partial charge in [0.25, 0.3) is 5.56 Å². The highest BCUT2D eigenvalue weighted by Crippen LogP contribution is 2.04. The number of halogens is 1. The maximum Gasteiger partial charge on any atom is 0.280 e. The first-order valence-corrected chi connectivity index (χ1v) is 3.07. The summed E-state index contributed by atoms with van der Waals surface area (Å²) >= 11 is 0. The van der Waals surface area contributed by atoms with Crippen LogP contribution in [0.25, 0.3) is 11.2 Å². The number of H-pyrrole nitrogens is 1. The molecule has 7 heteroatoms. The minimum Gasteiger partial charge on any atom is -0.369 e. The lowest BCUT2D eigenvalue weighted by atomic mass is 10.5. The van der Waals surface area contributed by atoms with Crippen LogP contribution in [0.2, 0.25) is 0 Å². The first kappa shape index (κ1) is 6.77. The second kappa shape index (κ2) is 2.03. The SMILES string of the molecule is Nc1nc2c(ncn2F)c(=O)[nH]1. The second-order valence-electron chi connectivity index (χ2n) is 2.18. The third-order valence-corrected chi connectivity index (χ3v) is 1.39. The largest absolute Gasteiger partial charge is 0.369 e. The van der Waals surface area contributed by atoms with Crippen molar-refractivity contribution in [3.63, 3.8) is 0 Å². The van der Waals surface area contributed by atoms with Gasteiger partial charge in [0.05, 0.1) is 0 Å². The molecular weight excluding hydrogens is 165 g/mol. The summed E-state index contributed by atoms with van der Waals surface area (Å²) in [5, 5.41) is 0. The molecule has 0 atom stereocenters. The molecule has 2 aromatic rings. The van der Waals surface area contributed by atoms with Crippen LogP contribution in [0.1, 0.15) is 0 Å². The first-order valence-electron chi connectivity index (χ1n) is 3.07. The maximum atomic E-state index is 12.7. The normalized spacial score (nSPS) is 10.8. The Morgan fingerprint density at radius 1 is 1.67 bits per heavy atom. The molecule has 0 radical (unpaired) electrons. The fourth-order valence-corrected chi connectivity index (χ4v) is 0.900. The van der Waals surface area contributed by atoms with Gasteiger partial charge in [-0.25, -0.2) is 4.98 Å². The molecule has 0 saturated heterocycles. The molecule has 0 unspecified atom stereocenters. The fraction of sp³-hybridized carbons (Fsp3) is 0. The Morgan fingerprint density at radius 3 is 3.17 bits per heavy atom. The Bertz CT molecular complexity index is 486. The smallest absolute Gasteiger partial charge is 0.280 e. The number of hydrogen-bond acceptors (Lipinski definition) is 4. The molecule has 0 aliphatic rings. The molecule has 0 saturated carbocycles. The quantitative estimate of drug-likeness (QED) is 0.552. The third-order valence-electron chi connectivity index (χ3n) is 1.39. The average Bonchev–Trinajstić information content (AvgIpc) is 2.33. The summed E-state index contributed by atoms with van der Waals surface area (Å²) in [6.07, 6.45) is 0.854. The van der Waals surface area contributed by atoms with E-state index >= 15 is 0 Å². The van der Waals surface area contributed by atoms with Gasteiger partial charge in [-0.1, -0.05) is 4.48 Å². The molecule has 0 bridgehead atoms. The molecule has 2 heterocycles. The number of rotatable bonds is 0. The molecule has 2 rings (SSSR count). The monoisotopic (exact) mass is 169 g/mol. The van der Waals surface area contributed by atoms with Crippen LogP contribution in [0.4, 0.5) is 10.4 Å². The lowest BCUT2D eigenvalue weighted by molar-refractivity contribution is 0.381. The predicted molar refractivity (Wildman–Crippen MR) is 39.1 cm³/mol. The van der Waals surface area contributed by atoms with Crippen molar-refractivity contribution in [1.82, 2.24) is 19.7 Å². The van der Waals surface area contributed by atoms with E-state index < -0.39 is 5.56 Å². The number of aromatic nitrogens is 4. The van der Waals surface area contributed by atoms with E-state index in [0.717, 1.165) is 6.33 Å². The highest BCUT2D eigenvalue weighted by Gasteiger charge is 2.07. The minimum absolute atomic E-state index is 0.0632. The van der Waals surface area contributed by atoms with E-state index in [4.69, 9.17) is 5.73 Å². The van der Waals surface area contributed by atoms with Crippen LogP contribution < -0.4 is 11.3 Å². The Morgan fingerprint density at radius 2 is 2.42 bits per heavy atom. The lowest BCUT2D eigenvalue weighted by Gasteiger charge is -1.91. The number of nitrogen functional groups attached to an aromatic ring is 1. The fourth-order valence-electron chi connectivity index (χ4n) is 0.900. The van der Waals surface area contributed by atoms with E-state index in [1.54, 1.807) is 0 Å². The zero-order valence-corrected chi connectivity index (χ0v) is 5.78. The summed E-state index contributed by atoms with van der Waals surface area (Å²) in [4.78, 5) is 20.4. The van der Waals surface area contributed by atoms with Gasteiger partial charge in [0.2, 0.25) is 5.95 Å². The number of hydrogen-bond donors (Lipinski definition) is 2. The van der Waals surface area contributed by atoms with Crippen molar-refractivity contribution in [2.45, 2.75) is 0 Å². The topological polar surface area (TPSA) is 89.6 Å². The van der Waals surface area contributed by atoms with Gasteiger partial charge in [-0.3, -0.25) is 9.78 Å². The van der Waals surface area contributed by atoms with Crippen molar-refractivity contribution >= 4 is 17.1 Å². The van der Waals surface area contributed by atoms with E-state index in [1.807, 2.05) is 0 Å². The standard InChI is InChI=1S/C5H4FN5O/c6-11-1-8-2-3(11)9-5(7)10-4(2)12/h1H,(H3,7,9,10,12). The molecule has 12 heavy (non-hydrogen) atoms. The number of imidazole rings is 1. The highest BCUT2D eigenvalue weighted by molar-refractivity contribution is 5.69. The Hall–Kier alpha value is -1.92. The zero-order valence-electron chi connectivity index (χ0n) is 5.78. The van der Waals surface area contributed by atoms with Gasteiger partial charge in [0.15, 0.2) is 11.2 Å². The van der Waals surface area contributed by atoms with Gasteiger partial charge in [-0.2, -0.15) is 4.98 Å². The van der Waals surface area contributed by atoms with Crippen LogP contribution in [-0.4, -0.2) is 19.7 Å². The summed E-state index contributed by atoms with van der Waals surface area (Å²) in [6.45, 7) is 0. The van der Waals surface area contributed by atoms with Crippen molar-refractivity contribution < 1.29 is 4.48 Å². The molecule has 62 valence electrons. The van der Waals surface area contributed by atoms with Gasteiger partial charge in [0, 0.05) is 0 Å². The van der Waals surface area contributed by atoms with Crippen LogP contribution >= 0.6 is 0 Å². The third kappa shape index (κ3) is 0.760. The number of nitrogens with one attached hydrogen (secondary N) is 1. The number of nitrogens with zero attached hydrogens (tertiary/aromatic N) is 3. The summed E-state index contributed by atoms with van der Waals surface area (Å²) in [5.41, 5.74) is 4.40. The Kier molecular flexibility index (Phi) is 1.15. The maximum absolute atomic E-state index is 12.7. The van der Waals surface area contributed by atoms with Crippen LogP contribution in [0.15, 0.2) is 11.1 Å². The molecular formula is C5H4FN5O. The molecule has 0 aliphatic heterocycles. The Balaban J connectivity index is 3.03. The molecule has 0 spiro atoms. The summed E-state index contributed by atoms with van der Waals surface area (Å²) in [7, 11) is 0. The van der Waals surface area contributed by atoms with Crippen molar-refractivity contribution in [2.75, 3.05) is 5.73 Å². The summed E-state index contributed by atoms with van der Waals surface area (Å²) in [5.74, 6) is -0.132. The number of aromatic amines is 1. The van der Waals surface area contributed by atoms with Crippen molar-refractivity contribution in [3.05, 3.63) is 16.7 Å². The number of anilines is 1. The van der Waals surface area contributed by atoms with Crippen molar-refractivity contribution in [3.8, 4) is 0 Å². The summed E-state index contributed by atoms with van der Waals surface area (Å²) < 4.78 is 12.7. The molecule has 0 aliphatic carbocycles. The molecule has 3 N–H and O–H groups in total. The number of nitrogens with two attached hydrogens (primary N) is 1. The van der Waals surface area contributed by atoms with Crippen LogP contribution in [0.5, 0.6) is 0 Å². The molecule has 0 amide bonds. The Labute approximate surface area is 64.8 Å². The van der Waals surface area contributed by atoms with E-state index in [9.17, 15) is 9.28 Å². The average molecular weight is 169 g/mol. The van der Waals surface area contributed by atoms with Gasteiger partial charge < -0.3 is 5.73 Å². The van der Waals surface area contributed by atoms with Crippen LogP contribution in [0, 0.1) is 0 Å². The van der Waals surface area contributed by atoms with E-state index in [1.165, 1.54) is 0 Å². The van der Waals surface area contributed by atoms with E-state index in [0.29, 0.717) is 0 Å².